The van der Waals surface area contributed by atoms with Crippen molar-refractivity contribution in [2.24, 2.45) is 0 Å². The van der Waals surface area contributed by atoms with Crippen LogP contribution in [-0.2, 0) is 19.5 Å². The molecule has 3 aromatic rings. The molecular weight excluding hydrogens is 278 g/mol. The molecule has 0 saturated heterocycles. The Morgan fingerprint density at radius 1 is 1.18 bits per heavy atom. The Morgan fingerprint density at radius 2 is 2.14 bits per heavy atom. The van der Waals surface area contributed by atoms with Crippen LogP contribution < -0.4 is 5.32 Å². The number of hydrogen-bond acceptors (Lipinski definition) is 5. The molecule has 1 aliphatic heterocycles. The minimum atomic E-state index is 0.415. The number of aromatic nitrogens is 6. The third-order valence-electron chi connectivity index (χ3n) is 4.04. The number of hydrogen-bond donors (Lipinski definition) is 1. The Kier molecular flexibility index (Phi) is 3.40. The summed E-state index contributed by atoms with van der Waals surface area (Å²) in [6.45, 7) is 1.67. The topological polar surface area (TPSA) is 73.5 Å². The van der Waals surface area contributed by atoms with Crippen LogP contribution >= 0.6 is 0 Å². The van der Waals surface area contributed by atoms with Gasteiger partial charge in [-0.15, -0.1) is 0 Å². The maximum atomic E-state index is 4.26. The lowest BCUT2D eigenvalue weighted by Gasteiger charge is -2.24. The molecule has 1 aliphatic rings. The second kappa shape index (κ2) is 5.69. The largest absolute Gasteiger partial charge is 0.308 e. The van der Waals surface area contributed by atoms with E-state index < -0.39 is 0 Å². The lowest BCUT2D eigenvalue weighted by Crippen LogP contribution is -2.37. The van der Waals surface area contributed by atoms with Crippen molar-refractivity contribution in [3.05, 3.63) is 54.6 Å². The van der Waals surface area contributed by atoms with Crippen LogP contribution in [0, 0.1) is 0 Å². The normalized spacial score (nSPS) is 17.4. The van der Waals surface area contributed by atoms with Gasteiger partial charge in [0, 0.05) is 19.0 Å². The summed E-state index contributed by atoms with van der Waals surface area (Å²) < 4.78 is 3.79. The molecule has 3 heterocycles. The third-order valence-corrected chi connectivity index (χ3v) is 4.04. The van der Waals surface area contributed by atoms with Gasteiger partial charge in [-0.1, -0.05) is 18.2 Å². The van der Waals surface area contributed by atoms with Crippen molar-refractivity contribution in [3.8, 4) is 5.69 Å². The first-order valence-corrected chi connectivity index (χ1v) is 7.43. The summed E-state index contributed by atoms with van der Waals surface area (Å²) in [6.07, 6.45) is 6.98. The molecule has 0 amide bonds. The maximum Gasteiger partial charge on any atom is 0.138 e. The van der Waals surface area contributed by atoms with E-state index in [1.165, 1.54) is 5.56 Å². The summed E-state index contributed by atoms with van der Waals surface area (Å²) in [5.41, 5.74) is 2.27. The smallest absolute Gasteiger partial charge is 0.138 e. The highest BCUT2D eigenvalue weighted by Crippen LogP contribution is 2.15. The van der Waals surface area contributed by atoms with E-state index in [4.69, 9.17) is 0 Å². The molecule has 0 radical (unpaired) electrons. The molecule has 7 heteroatoms. The molecule has 0 unspecified atom stereocenters. The van der Waals surface area contributed by atoms with Crippen molar-refractivity contribution in [2.75, 3.05) is 0 Å². The van der Waals surface area contributed by atoms with Crippen molar-refractivity contribution in [2.45, 2.75) is 32.0 Å². The zero-order valence-corrected chi connectivity index (χ0v) is 12.1. The van der Waals surface area contributed by atoms with Crippen molar-refractivity contribution in [3.63, 3.8) is 0 Å². The molecule has 22 heavy (non-hydrogen) atoms. The molecule has 0 fully saturated rings. The van der Waals surface area contributed by atoms with Gasteiger partial charge in [0.15, 0.2) is 0 Å². The van der Waals surface area contributed by atoms with Gasteiger partial charge < -0.3 is 5.32 Å². The number of nitrogens with one attached hydrogen (secondary N) is 1. The van der Waals surface area contributed by atoms with Crippen LogP contribution in [0.3, 0.4) is 0 Å². The first-order chi connectivity index (χ1) is 10.9. The van der Waals surface area contributed by atoms with Crippen molar-refractivity contribution in [1.29, 1.82) is 0 Å². The van der Waals surface area contributed by atoms with Crippen molar-refractivity contribution < 1.29 is 0 Å². The molecule has 4 rings (SSSR count). The summed E-state index contributed by atoms with van der Waals surface area (Å²) in [5, 5.41) is 12.1. The van der Waals surface area contributed by atoms with Gasteiger partial charge >= 0.3 is 0 Å². The van der Waals surface area contributed by atoms with Crippen LogP contribution in [-0.4, -0.2) is 35.6 Å². The quantitative estimate of drug-likeness (QED) is 0.776. The number of rotatable bonds is 4. The molecule has 0 spiro atoms. The average Bonchev–Trinajstić information content (AvgIpc) is 3.24. The van der Waals surface area contributed by atoms with Crippen molar-refractivity contribution in [1.82, 2.24) is 34.8 Å². The molecule has 2 aromatic heterocycles. The van der Waals surface area contributed by atoms with Crippen LogP contribution in [0.2, 0.25) is 0 Å². The van der Waals surface area contributed by atoms with Gasteiger partial charge in [0.25, 0.3) is 0 Å². The number of nitrogens with zero attached hydrogens (tertiary/aromatic N) is 6. The summed E-state index contributed by atoms with van der Waals surface area (Å²) in [7, 11) is 0. The van der Waals surface area contributed by atoms with E-state index in [9.17, 15) is 0 Å². The lowest BCUT2D eigenvalue weighted by molar-refractivity contribution is 0.358. The summed E-state index contributed by atoms with van der Waals surface area (Å²) in [6, 6.07) is 8.66. The minimum absolute atomic E-state index is 0.415. The van der Waals surface area contributed by atoms with Crippen LogP contribution in [0.4, 0.5) is 0 Å². The molecular formula is C15H17N7. The molecule has 0 aliphatic carbocycles. The first-order valence-electron chi connectivity index (χ1n) is 7.43. The van der Waals surface area contributed by atoms with Gasteiger partial charge in [0.05, 0.1) is 12.2 Å². The summed E-state index contributed by atoms with van der Waals surface area (Å²) >= 11 is 0. The van der Waals surface area contributed by atoms with Gasteiger partial charge in [0.1, 0.15) is 24.8 Å². The second-order valence-electron chi connectivity index (χ2n) is 5.44. The molecule has 1 N–H and O–H groups in total. The summed E-state index contributed by atoms with van der Waals surface area (Å²) in [4.78, 5) is 8.28. The highest BCUT2D eigenvalue weighted by atomic mass is 15.3. The standard InChI is InChI=1S/C15H17N7/c1-2-4-14(22-11-16-9-19-22)12(3-1)7-17-13-5-6-15-18-10-20-21(15)8-13/h1-4,9-11,13,17H,5-8H2/t13-/m1/s1. The molecule has 1 atom stereocenters. The Hall–Kier alpha value is -2.54. The van der Waals surface area contributed by atoms with Crippen molar-refractivity contribution >= 4 is 0 Å². The number of aryl methyl sites for hydroxylation is 1. The van der Waals surface area contributed by atoms with E-state index in [2.05, 4.69) is 37.6 Å². The zero-order valence-electron chi connectivity index (χ0n) is 12.1. The number of para-hydroxylation sites is 1. The second-order valence-corrected chi connectivity index (χ2v) is 5.44. The minimum Gasteiger partial charge on any atom is -0.308 e. The Balaban J connectivity index is 1.47. The molecule has 0 saturated carbocycles. The fourth-order valence-electron chi connectivity index (χ4n) is 2.87. The average molecular weight is 295 g/mol. The Morgan fingerprint density at radius 3 is 3.05 bits per heavy atom. The van der Waals surface area contributed by atoms with E-state index in [0.717, 1.165) is 37.4 Å². The van der Waals surface area contributed by atoms with Gasteiger partial charge in [-0.2, -0.15) is 10.2 Å². The van der Waals surface area contributed by atoms with E-state index in [-0.39, 0.29) is 0 Å². The maximum absolute atomic E-state index is 4.26. The predicted molar refractivity (Wildman–Crippen MR) is 80.3 cm³/mol. The monoisotopic (exact) mass is 295 g/mol. The summed E-state index contributed by atoms with van der Waals surface area (Å²) in [5.74, 6) is 1.08. The molecule has 7 nitrogen and oxygen atoms in total. The van der Waals surface area contributed by atoms with Gasteiger partial charge in [-0.05, 0) is 18.1 Å². The molecule has 0 bridgehead atoms. The predicted octanol–water partition coefficient (Wildman–Crippen LogP) is 0.963. The third kappa shape index (κ3) is 2.50. The fraction of sp³-hybridized carbons (Fsp3) is 0.333. The molecule has 112 valence electrons. The zero-order chi connectivity index (χ0) is 14.8. The van der Waals surface area contributed by atoms with E-state index in [0.29, 0.717) is 6.04 Å². The van der Waals surface area contributed by atoms with Gasteiger partial charge in [0.2, 0.25) is 0 Å². The Bertz CT molecular complexity index is 747. The van der Waals surface area contributed by atoms with Crippen LogP contribution in [0.15, 0.2) is 43.2 Å². The van der Waals surface area contributed by atoms with Crippen LogP contribution in [0.1, 0.15) is 17.8 Å². The van der Waals surface area contributed by atoms with Crippen LogP contribution in [0.25, 0.3) is 5.69 Å². The Labute approximate surface area is 128 Å². The number of fused-ring (bicyclic) bond motifs is 1. The highest BCUT2D eigenvalue weighted by molar-refractivity contribution is 5.39. The number of benzene rings is 1. The lowest BCUT2D eigenvalue weighted by atomic mass is 10.1. The SMILES string of the molecule is c1ccc(-n2cncn2)c(CN[C@@H]2CCc3ncnn3C2)c1. The highest BCUT2D eigenvalue weighted by Gasteiger charge is 2.19. The van der Waals surface area contributed by atoms with E-state index >= 15 is 0 Å². The van der Waals surface area contributed by atoms with Gasteiger partial charge in [-0.3, -0.25) is 0 Å². The van der Waals surface area contributed by atoms with E-state index in [1.54, 1.807) is 23.7 Å². The molecule has 1 aromatic carbocycles. The van der Waals surface area contributed by atoms with Crippen LogP contribution in [0.5, 0.6) is 0 Å². The fourth-order valence-corrected chi connectivity index (χ4v) is 2.87. The first kappa shape index (κ1) is 13.1. The van der Waals surface area contributed by atoms with E-state index in [1.807, 2.05) is 16.8 Å². The van der Waals surface area contributed by atoms with Gasteiger partial charge in [-0.25, -0.2) is 19.3 Å².